The molecule has 0 aliphatic carbocycles. The van der Waals surface area contributed by atoms with Crippen LogP contribution in [0.1, 0.15) is 12.5 Å². The highest BCUT2D eigenvalue weighted by Gasteiger charge is 1.98. The second-order valence-corrected chi connectivity index (χ2v) is 3.32. The molecule has 1 aromatic carbocycles. The van der Waals surface area contributed by atoms with E-state index in [4.69, 9.17) is 0 Å². The molecule has 0 atom stereocenters. The van der Waals surface area contributed by atoms with Crippen LogP contribution in [-0.4, -0.2) is 6.29 Å². The van der Waals surface area contributed by atoms with E-state index in [1.54, 1.807) is 6.08 Å². The molecule has 0 saturated carbocycles. The Hall–Kier alpha value is -0.890. The van der Waals surface area contributed by atoms with E-state index in [1.807, 2.05) is 31.2 Å². The molecule has 2 heteroatoms. The molecule has 1 rings (SSSR count). The molecule has 0 aliphatic rings. The van der Waals surface area contributed by atoms with E-state index in [1.165, 1.54) is 0 Å². The van der Waals surface area contributed by atoms with Gasteiger partial charge in [0.2, 0.25) is 0 Å². The first-order valence-electron chi connectivity index (χ1n) is 3.62. The summed E-state index contributed by atoms with van der Waals surface area (Å²) in [7, 11) is 0. The van der Waals surface area contributed by atoms with Crippen LogP contribution >= 0.6 is 15.9 Å². The van der Waals surface area contributed by atoms with Gasteiger partial charge in [0.05, 0.1) is 0 Å². The molecule has 0 aliphatic heterocycles. The molecule has 0 unspecified atom stereocenters. The molecular formula is C10H9BrO. The summed E-state index contributed by atoms with van der Waals surface area (Å²) in [4.78, 5) is 10.2. The topological polar surface area (TPSA) is 17.1 Å². The van der Waals surface area contributed by atoms with Gasteiger partial charge in [-0.15, -0.1) is 0 Å². The molecule has 0 N–H and O–H groups in total. The lowest BCUT2D eigenvalue weighted by atomic mass is 10.1. The van der Waals surface area contributed by atoms with Gasteiger partial charge in [0.1, 0.15) is 6.29 Å². The molecule has 0 radical (unpaired) electrons. The van der Waals surface area contributed by atoms with Gasteiger partial charge in [-0.05, 0) is 30.2 Å². The number of allylic oxidation sites excluding steroid dienone is 2. The van der Waals surface area contributed by atoms with Crippen molar-refractivity contribution in [2.75, 3.05) is 0 Å². The van der Waals surface area contributed by atoms with E-state index in [9.17, 15) is 4.79 Å². The number of benzene rings is 1. The fourth-order valence-corrected chi connectivity index (χ4v) is 1.57. The minimum atomic E-state index is 0.800. The van der Waals surface area contributed by atoms with Crippen LogP contribution < -0.4 is 0 Å². The van der Waals surface area contributed by atoms with Gasteiger partial charge in [0.15, 0.2) is 0 Å². The zero-order chi connectivity index (χ0) is 8.97. The third kappa shape index (κ3) is 2.05. The number of hydrogen-bond acceptors (Lipinski definition) is 1. The van der Waals surface area contributed by atoms with Crippen LogP contribution in [-0.2, 0) is 4.79 Å². The number of carbonyl (C=O) groups is 1. The number of halogens is 1. The predicted octanol–water partition coefficient (Wildman–Crippen LogP) is 3.05. The minimum absolute atomic E-state index is 0.800. The van der Waals surface area contributed by atoms with E-state index >= 15 is 0 Å². The summed E-state index contributed by atoms with van der Waals surface area (Å²) in [6.07, 6.45) is 2.36. The molecule has 0 amide bonds. The number of aldehydes is 1. The zero-order valence-electron chi connectivity index (χ0n) is 6.75. The van der Waals surface area contributed by atoms with Crippen molar-refractivity contribution in [3.63, 3.8) is 0 Å². The van der Waals surface area contributed by atoms with Crippen molar-refractivity contribution in [1.82, 2.24) is 0 Å². The monoisotopic (exact) mass is 224 g/mol. The van der Waals surface area contributed by atoms with Crippen LogP contribution in [0.15, 0.2) is 34.8 Å². The summed E-state index contributed by atoms with van der Waals surface area (Å²) in [5, 5.41) is 0. The van der Waals surface area contributed by atoms with Crippen LogP contribution in [0.25, 0.3) is 5.57 Å². The summed E-state index contributed by atoms with van der Waals surface area (Å²) in [5.41, 5.74) is 2.03. The largest absolute Gasteiger partial charge is 0.299 e. The van der Waals surface area contributed by atoms with Gasteiger partial charge in [-0.1, -0.05) is 34.1 Å². The summed E-state index contributed by atoms with van der Waals surface area (Å²) in [6, 6.07) is 7.82. The Morgan fingerprint density at radius 3 is 2.67 bits per heavy atom. The molecule has 12 heavy (non-hydrogen) atoms. The van der Waals surface area contributed by atoms with Gasteiger partial charge >= 0.3 is 0 Å². The molecular weight excluding hydrogens is 216 g/mol. The number of hydrogen-bond donors (Lipinski definition) is 0. The molecule has 0 aromatic heterocycles. The van der Waals surface area contributed by atoms with Crippen molar-refractivity contribution in [1.29, 1.82) is 0 Å². The lowest BCUT2D eigenvalue weighted by Gasteiger charge is -2.01. The smallest absolute Gasteiger partial charge is 0.143 e. The maximum atomic E-state index is 10.2. The molecule has 0 saturated heterocycles. The van der Waals surface area contributed by atoms with Crippen molar-refractivity contribution in [3.8, 4) is 0 Å². The molecule has 62 valence electrons. The lowest BCUT2D eigenvalue weighted by Crippen LogP contribution is -1.81. The summed E-state index contributed by atoms with van der Waals surface area (Å²) in [6.45, 7) is 1.91. The highest BCUT2D eigenvalue weighted by Crippen LogP contribution is 2.22. The third-order valence-electron chi connectivity index (χ3n) is 1.62. The standard InChI is InChI=1S/C10H9BrO/c1-8(6-7-12)9-4-2-3-5-10(9)11/h2-7H,1H3/b8-6-. The normalized spacial score (nSPS) is 11.3. The quantitative estimate of drug-likeness (QED) is 0.558. The van der Waals surface area contributed by atoms with Gasteiger partial charge in [0.25, 0.3) is 0 Å². The third-order valence-corrected chi connectivity index (χ3v) is 2.31. The van der Waals surface area contributed by atoms with E-state index in [2.05, 4.69) is 15.9 Å². The molecule has 0 spiro atoms. The second-order valence-electron chi connectivity index (χ2n) is 2.47. The number of carbonyl (C=O) groups excluding carboxylic acids is 1. The fourth-order valence-electron chi connectivity index (χ4n) is 0.973. The van der Waals surface area contributed by atoms with E-state index < -0.39 is 0 Å². The van der Waals surface area contributed by atoms with Gasteiger partial charge in [0, 0.05) is 4.47 Å². The first-order valence-corrected chi connectivity index (χ1v) is 4.42. The van der Waals surface area contributed by atoms with Gasteiger partial charge in [-0.2, -0.15) is 0 Å². The predicted molar refractivity (Wildman–Crippen MR) is 53.9 cm³/mol. The van der Waals surface area contributed by atoms with Crippen molar-refractivity contribution in [2.24, 2.45) is 0 Å². The lowest BCUT2D eigenvalue weighted by molar-refractivity contribution is -0.104. The SMILES string of the molecule is C/C(=C/C=O)c1ccccc1Br. The molecule has 1 aromatic rings. The number of rotatable bonds is 2. The van der Waals surface area contributed by atoms with Crippen LogP contribution in [0.2, 0.25) is 0 Å². The van der Waals surface area contributed by atoms with Crippen molar-refractivity contribution in [2.45, 2.75) is 6.92 Å². The molecule has 1 nitrogen and oxygen atoms in total. The average molecular weight is 225 g/mol. The van der Waals surface area contributed by atoms with Crippen LogP contribution in [0.3, 0.4) is 0 Å². The van der Waals surface area contributed by atoms with Crippen molar-refractivity contribution >= 4 is 27.8 Å². The second kappa shape index (κ2) is 4.21. The Bertz CT molecular complexity index is 315. The molecule has 0 fully saturated rings. The summed E-state index contributed by atoms with van der Waals surface area (Å²) >= 11 is 3.41. The maximum absolute atomic E-state index is 10.2. The van der Waals surface area contributed by atoms with Crippen molar-refractivity contribution < 1.29 is 4.79 Å². The molecule has 0 bridgehead atoms. The van der Waals surface area contributed by atoms with E-state index in [-0.39, 0.29) is 0 Å². The Morgan fingerprint density at radius 2 is 2.08 bits per heavy atom. The van der Waals surface area contributed by atoms with Crippen LogP contribution in [0.5, 0.6) is 0 Å². The first kappa shape index (κ1) is 9.20. The highest BCUT2D eigenvalue weighted by atomic mass is 79.9. The first-order chi connectivity index (χ1) is 5.75. The van der Waals surface area contributed by atoms with Crippen LogP contribution in [0, 0.1) is 0 Å². The Balaban J connectivity index is 3.10. The Morgan fingerprint density at radius 1 is 1.42 bits per heavy atom. The zero-order valence-corrected chi connectivity index (χ0v) is 8.34. The summed E-state index contributed by atoms with van der Waals surface area (Å²) < 4.78 is 1.01. The average Bonchev–Trinajstić information content (AvgIpc) is 2.05. The Kier molecular flexibility index (Phi) is 3.23. The van der Waals surface area contributed by atoms with Gasteiger partial charge < -0.3 is 0 Å². The van der Waals surface area contributed by atoms with E-state index in [0.29, 0.717) is 0 Å². The van der Waals surface area contributed by atoms with Crippen LogP contribution in [0.4, 0.5) is 0 Å². The fraction of sp³-hybridized carbons (Fsp3) is 0.100. The Labute approximate surface area is 80.2 Å². The van der Waals surface area contributed by atoms with Crippen molar-refractivity contribution in [3.05, 3.63) is 40.4 Å². The van der Waals surface area contributed by atoms with E-state index in [0.717, 1.165) is 21.9 Å². The highest BCUT2D eigenvalue weighted by molar-refractivity contribution is 9.10. The maximum Gasteiger partial charge on any atom is 0.143 e. The van der Waals surface area contributed by atoms with Gasteiger partial charge in [-0.25, -0.2) is 0 Å². The minimum Gasteiger partial charge on any atom is -0.299 e. The summed E-state index contributed by atoms with van der Waals surface area (Å²) in [5.74, 6) is 0. The molecule has 0 heterocycles. The van der Waals surface area contributed by atoms with Gasteiger partial charge in [-0.3, -0.25) is 4.79 Å².